The van der Waals surface area contributed by atoms with Crippen LogP contribution in [-0.2, 0) is 23.1 Å². The number of piperidine rings is 1. The van der Waals surface area contributed by atoms with Crippen LogP contribution in [0.15, 0.2) is 48.5 Å². The number of nitrogens with one attached hydrogen (secondary N) is 1. The molecular weight excluding hydrogens is 433 g/mol. The van der Waals surface area contributed by atoms with E-state index in [4.69, 9.17) is 5.11 Å². The number of hydrogen-bond donors (Lipinski definition) is 2. The molecule has 1 amide bonds. The maximum atomic E-state index is 13.4. The van der Waals surface area contributed by atoms with Crippen LogP contribution >= 0.6 is 0 Å². The van der Waals surface area contributed by atoms with Crippen molar-refractivity contribution in [3.05, 3.63) is 70.8 Å². The zero-order chi connectivity index (χ0) is 23.4. The number of aromatic carboxylic acids is 1. The summed E-state index contributed by atoms with van der Waals surface area (Å²) in [7, 11) is 0. The van der Waals surface area contributed by atoms with Gasteiger partial charge >= 0.3 is 12.1 Å². The van der Waals surface area contributed by atoms with E-state index < -0.39 is 23.2 Å². The smallest absolute Gasteiger partial charge is 0.416 e. The van der Waals surface area contributed by atoms with E-state index in [-0.39, 0.29) is 17.5 Å². The van der Waals surface area contributed by atoms with Crippen LogP contribution in [0.25, 0.3) is 0 Å². The maximum absolute atomic E-state index is 13.4. The molecule has 2 N–H and O–H groups in total. The fourth-order valence-electron chi connectivity index (χ4n) is 5.10. The molecule has 33 heavy (non-hydrogen) atoms. The molecule has 0 spiro atoms. The molecule has 0 bridgehead atoms. The first-order valence-corrected chi connectivity index (χ1v) is 11.2. The SMILES string of the molecule is O=C(O)c1ccc(C2(NC(=O)C3CCC4CC4N3Cc3ccc(C(F)(F)F)cc3)CC2)cc1. The highest BCUT2D eigenvalue weighted by Gasteiger charge is 2.52. The molecule has 1 saturated heterocycles. The van der Waals surface area contributed by atoms with E-state index in [0.29, 0.717) is 18.5 Å². The summed E-state index contributed by atoms with van der Waals surface area (Å²) in [4.78, 5) is 26.6. The van der Waals surface area contributed by atoms with Gasteiger partial charge in [0.1, 0.15) is 0 Å². The van der Waals surface area contributed by atoms with Gasteiger partial charge in [0.25, 0.3) is 0 Å². The van der Waals surface area contributed by atoms with E-state index in [0.717, 1.165) is 55.4 Å². The Morgan fingerprint density at radius 1 is 1.03 bits per heavy atom. The normalized spacial score (nSPS) is 25.7. The summed E-state index contributed by atoms with van der Waals surface area (Å²) in [6.07, 6.45) is -0.0545. The number of rotatable bonds is 6. The van der Waals surface area contributed by atoms with E-state index in [1.165, 1.54) is 12.1 Å². The summed E-state index contributed by atoms with van der Waals surface area (Å²) in [5, 5.41) is 12.3. The number of halogens is 3. The second-order valence-electron chi connectivity index (χ2n) is 9.48. The van der Waals surface area contributed by atoms with Crippen molar-refractivity contribution in [2.24, 2.45) is 5.92 Å². The topological polar surface area (TPSA) is 69.6 Å². The summed E-state index contributed by atoms with van der Waals surface area (Å²) < 4.78 is 38.7. The molecule has 1 heterocycles. The van der Waals surface area contributed by atoms with Crippen molar-refractivity contribution in [3.8, 4) is 0 Å². The maximum Gasteiger partial charge on any atom is 0.416 e. The summed E-state index contributed by atoms with van der Waals surface area (Å²) >= 11 is 0. The van der Waals surface area contributed by atoms with E-state index >= 15 is 0 Å². The van der Waals surface area contributed by atoms with Crippen LogP contribution < -0.4 is 5.32 Å². The van der Waals surface area contributed by atoms with E-state index in [1.807, 2.05) is 0 Å². The van der Waals surface area contributed by atoms with E-state index in [2.05, 4.69) is 10.2 Å². The quantitative estimate of drug-likeness (QED) is 0.666. The Hall–Kier alpha value is -2.87. The molecule has 3 fully saturated rings. The lowest BCUT2D eigenvalue weighted by atomic mass is 9.98. The average molecular weight is 458 g/mol. The minimum Gasteiger partial charge on any atom is -0.478 e. The lowest BCUT2D eigenvalue weighted by Crippen LogP contribution is -2.52. The molecule has 2 saturated carbocycles. The van der Waals surface area contributed by atoms with Crippen LogP contribution in [-0.4, -0.2) is 34.0 Å². The lowest BCUT2D eigenvalue weighted by Gasteiger charge is -2.36. The van der Waals surface area contributed by atoms with Crippen molar-refractivity contribution >= 4 is 11.9 Å². The minimum atomic E-state index is -4.37. The Morgan fingerprint density at radius 3 is 2.27 bits per heavy atom. The van der Waals surface area contributed by atoms with Crippen LogP contribution in [0, 0.1) is 5.92 Å². The summed E-state index contributed by atoms with van der Waals surface area (Å²) in [6.45, 7) is 0.442. The number of likely N-dealkylation sites (tertiary alicyclic amines) is 1. The van der Waals surface area contributed by atoms with Crippen molar-refractivity contribution in [1.82, 2.24) is 10.2 Å². The molecule has 3 atom stereocenters. The molecule has 174 valence electrons. The van der Waals surface area contributed by atoms with Crippen molar-refractivity contribution in [2.75, 3.05) is 0 Å². The molecule has 2 aromatic carbocycles. The predicted molar refractivity (Wildman–Crippen MR) is 114 cm³/mol. The van der Waals surface area contributed by atoms with E-state index in [1.54, 1.807) is 24.3 Å². The van der Waals surface area contributed by atoms with Gasteiger partial charge < -0.3 is 10.4 Å². The summed E-state index contributed by atoms with van der Waals surface area (Å²) in [6, 6.07) is 11.8. The van der Waals surface area contributed by atoms with Crippen molar-refractivity contribution in [1.29, 1.82) is 0 Å². The highest BCUT2D eigenvalue weighted by atomic mass is 19.4. The standard InChI is InChI=1S/C25H25F3N2O3/c26-25(27,28)19-6-1-15(2-7-19)14-30-20(10-5-17-13-21(17)30)22(31)29-24(11-12-24)18-8-3-16(4-9-18)23(32)33/h1-4,6-9,17,20-21H,5,10-14H2,(H,29,31)(H,32,33). The van der Waals surface area contributed by atoms with Gasteiger partial charge in [-0.3, -0.25) is 9.69 Å². The van der Waals surface area contributed by atoms with Gasteiger partial charge in [-0.1, -0.05) is 24.3 Å². The van der Waals surface area contributed by atoms with E-state index in [9.17, 15) is 22.8 Å². The summed E-state index contributed by atoms with van der Waals surface area (Å²) in [5.41, 5.74) is 0.729. The lowest BCUT2D eigenvalue weighted by molar-refractivity contribution is -0.137. The minimum absolute atomic E-state index is 0.0629. The number of carboxylic acids is 1. The monoisotopic (exact) mass is 458 g/mol. The Bertz CT molecular complexity index is 1060. The van der Waals surface area contributed by atoms with Gasteiger partial charge in [0.2, 0.25) is 5.91 Å². The van der Waals surface area contributed by atoms with Crippen LogP contribution in [0.1, 0.15) is 59.2 Å². The van der Waals surface area contributed by atoms with Gasteiger partial charge in [-0.25, -0.2) is 4.79 Å². The van der Waals surface area contributed by atoms with Gasteiger partial charge in [-0.2, -0.15) is 13.2 Å². The number of amides is 1. The van der Waals surface area contributed by atoms with Crippen molar-refractivity contribution < 1.29 is 27.9 Å². The van der Waals surface area contributed by atoms with Gasteiger partial charge in [-0.05, 0) is 73.4 Å². The van der Waals surface area contributed by atoms with Gasteiger partial charge in [0, 0.05) is 12.6 Å². The fourth-order valence-corrected chi connectivity index (χ4v) is 5.10. The molecule has 1 aliphatic heterocycles. The number of nitrogens with zero attached hydrogens (tertiary/aromatic N) is 1. The van der Waals surface area contributed by atoms with Gasteiger partial charge in [-0.15, -0.1) is 0 Å². The highest BCUT2D eigenvalue weighted by Crippen LogP contribution is 2.48. The molecule has 2 aromatic rings. The zero-order valence-electron chi connectivity index (χ0n) is 17.9. The molecule has 3 aliphatic rings. The Kier molecular flexibility index (Phi) is 5.23. The number of carbonyl (C=O) groups is 2. The number of carbonyl (C=O) groups excluding carboxylic acids is 1. The second-order valence-corrected chi connectivity index (χ2v) is 9.48. The van der Waals surface area contributed by atoms with Crippen LogP contribution in [0.5, 0.6) is 0 Å². The zero-order valence-corrected chi connectivity index (χ0v) is 17.9. The average Bonchev–Trinajstić information content (AvgIpc) is 3.69. The summed E-state index contributed by atoms with van der Waals surface area (Å²) in [5.74, 6) is -0.496. The Balaban J connectivity index is 1.30. The third kappa shape index (κ3) is 4.36. The number of benzene rings is 2. The number of carboxylic acid groups (broad SMARTS) is 1. The van der Waals surface area contributed by atoms with Crippen LogP contribution in [0.4, 0.5) is 13.2 Å². The first kappa shape index (κ1) is 21.9. The van der Waals surface area contributed by atoms with Crippen LogP contribution in [0.3, 0.4) is 0 Å². The molecule has 8 heteroatoms. The molecule has 0 radical (unpaired) electrons. The molecular formula is C25H25F3N2O3. The first-order chi connectivity index (χ1) is 15.7. The van der Waals surface area contributed by atoms with Crippen molar-refractivity contribution in [2.45, 2.75) is 62.4 Å². The molecule has 5 rings (SSSR count). The predicted octanol–water partition coefficient (Wildman–Crippen LogP) is 4.56. The highest BCUT2D eigenvalue weighted by molar-refractivity contribution is 5.87. The Morgan fingerprint density at radius 2 is 1.70 bits per heavy atom. The number of fused-ring (bicyclic) bond motifs is 1. The third-order valence-corrected chi connectivity index (χ3v) is 7.27. The molecule has 3 unspecified atom stereocenters. The third-order valence-electron chi connectivity index (χ3n) is 7.27. The first-order valence-electron chi connectivity index (χ1n) is 11.2. The molecule has 2 aliphatic carbocycles. The molecule has 5 nitrogen and oxygen atoms in total. The largest absolute Gasteiger partial charge is 0.478 e. The second kappa shape index (κ2) is 7.87. The number of alkyl halides is 3. The van der Waals surface area contributed by atoms with Gasteiger partial charge in [0.05, 0.1) is 22.7 Å². The van der Waals surface area contributed by atoms with Gasteiger partial charge in [0.15, 0.2) is 0 Å². The van der Waals surface area contributed by atoms with Crippen LogP contribution in [0.2, 0.25) is 0 Å². The fraction of sp³-hybridized carbons (Fsp3) is 0.440. The number of hydrogen-bond acceptors (Lipinski definition) is 3. The Labute approximate surface area is 189 Å². The molecule has 0 aromatic heterocycles. The van der Waals surface area contributed by atoms with Crippen molar-refractivity contribution in [3.63, 3.8) is 0 Å².